The highest BCUT2D eigenvalue weighted by atomic mass is 16.6. The SMILES string of the molecule is CC(=O)N1CCCC(CC2CC(c3ccccc3C)=NO2)(C(=O)O)C1. The Morgan fingerprint density at radius 2 is 2.16 bits per heavy atom. The molecule has 1 N–H and O–H groups in total. The minimum atomic E-state index is -0.953. The summed E-state index contributed by atoms with van der Waals surface area (Å²) in [6.45, 7) is 4.39. The molecule has 1 amide bonds. The summed E-state index contributed by atoms with van der Waals surface area (Å²) < 4.78 is 0. The Morgan fingerprint density at radius 3 is 2.84 bits per heavy atom. The maximum Gasteiger partial charge on any atom is 0.311 e. The largest absolute Gasteiger partial charge is 0.481 e. The molecule has 2 aliphatic heterocycles. The fourth-order valence-corrected chi connectivity index (χ4v) is 3.86. The van der Waals surface area contributed by atoms with Crippen LogP contribution in [0.3, 0.4) is 0 Å². The van der Waals surface area contributed by atoms with Crippen LogP contribution in [-0.4, -0.2) is 46.8 Å². The molecule has 1 aromatic rings. The van der Waals surface area contributed by atoms with Gasteiger partial charge in [-0.1, -0.05) is 29.4 Å². The number of piperidine rings is 1. The van der Waals surface area contributed by atoms with Gasteiger partial charge in [0, 0.05) is 38.4 Å². The summed E-state index contributed by atoms with van der Waals surface area (Å²) in [5, 5.41) is 14.0. The van der Waals surface area contributed by atoms with E-state index in [4.69, 9.17) is 4.84 Å². The second-order valence-electron chi connectivity index (χ2n) is 7.12. The zero-order valence-corrected chi connectivity index (χ0v) is 14.7. The number of aliphatic carboxylic acids is 1. The van der Waals surface area contributed by atoms with Crippen LogP contribution in [0.15, 0.2) is 29.4 Å². The summed E-state index contributed by atoms with van der Waals surface area (Å²) in [6.07, 6.45) is 1.96. The van der Waals surface area contributed by atoms with Gasteiger partial charge < -0.3 is 14.8 Å². The lowest BCUT2D eigenvalue weighted by atomic mass is 9.74. The van der Waals surface area contributed by atoms with Crippen LogP contribution >= 0.6 is 0 Å². The van der Waals surface area contributed by atoms with Crippen molar-refractivity contribution in [2.24, 2.45) is 10.6 Å². The maximum atomic E-state index is 12.0. The van der Waals surface area contributed by atoms with Crippen molar-refractivity contribution in [3.8, 4) is 0 Å². The molecular formula is C19H24N2O4. The first-order chi connectivity index (χ1) is 11.9. The lowest BCUT2D eigenvalue weighted by Crippen LogP contribution is -2.50. The van der Waals surface area contributed by atoms with Gasteiger partial charge in [-0.05, 0) is 25.3 Å². The van der Waals surface area contributed by atoms with E-state index in [1.807, 2.05) is 31.2 Å². The van der Waals surface area contributed by atoms with Crippen molar-refractivity contribution in [2.75, 3.05) is 13.1 Å². The van der Waals surface area contributed by atoms with Gasteiger partial charge in [0.25, 0.3) is 0 Å². The molecule has 1 aromatic carbocycles. The van der Waals surface area contributed by atoms with Gasteiger partial charge in [0.05, 0.1) is 11.1 Å². The minimum absolute atomic E-state index is 0.0745. The molecule has 1 saturated heterocycles. The Bertz CT molecular complexity index is 715. The zero-order valence-electron chi connectivity index (χ0n) is 14.7. The van der Waals surface area contributed by atoms with Crippen LogP contribution in [0.4, 0.5) is 0 Å². The highest BCUT2D eigenvalue weighted by Gasteiger charge is 2.46. The molecule has 2 atom stereocenters. The number of aryl methyl sites for hydroxylation is 1. The summed E-state index contributed by atoms with van der Waals surface area (Å²) >= 11 is 0. The van der Waals surface area contributed by atoms with Crippen molar-refractivity contribution in [2.45, 2.75) is 45.6 Å². The Morgan fingerprint density at radius 1 is 1.40 bits per heavy atom. The predicted octanol–water partition coefficient (Wildman–Crippen LogP) is 2.59. The summed E-state index contributed by atoms with van der Waals surface area (Å²) in [5.74, 6) is -0.930. The molecule has 0 spiro atoms. The van der Waals surface area contributed by atoms with Crippen LogP contribution in [0.5, 0.6) is 0 Å². The van der Waals surface area contributed by atoms with Crippen molar-refractivity contribution < 1.29 is 19.5 Å². The van der Waals surface area contributed by atoms with Crippen LogP contribution in [0.2, 0.25) is 0 Å². The van der Waals surface area contributed by atoms with Crippen LogP contribution < -0.4 is 0 Å². The standard InChI is InChI=1S/C19H24N2O4/c1-13-6-3-4-7-16(13)17-10-15(25-20-17)11-19(18(23)24)8-5-9-21(12-19)14(2)22/h3-4,6-7,15H,5,8-12H2,1-2H3,(H,23,24). The topological polar surface area (TPSA) is 79.2 Å². The van der Waals surface area contributed by atoms with E-state index in [1.54, 1.807) is 4.90 Å². The molecule has 0 aromatic heterocycles. The van der Waals surface area contributed by atoms with E-state index in [2.05, 4.69) is 5.16 Å². The number of likely N-dealkylation sites (tertiary alicyclic amines) is 1. The number of amides is 1. The normalized spacial score (nSPS) is 26.1. The molecule has 6 nitrogen and oxygen atoms in total. The number of carboxylic acid groups (broad SMARTS) is 1. The highest BCUT2D eigenvalue weighted by molar-refractivity contribution is 6.02. The molecular weight excluding hydrogens is 320 g/mol. The quantitative estimate of drug-likeness (QED) is 0.910. The molecule has 0 bridgehead atoms. The number of carbonyl (C=O) groups is 2. The van der Waals surface area contributed by atoms with Crippen LogP contribution in [-0.2, 0) is 14.4 Å². The number of rotatable bonds is 4. The average Bonchev–Trinajstić information content (AvgIpc) is 3.03. The number of benzene rings is 1. The Labute approximate surface area is 147 Å². The first-order valence-corrected chi connectivity index (χ1v) is 8.69. The van der Waals surface area contributed by atoms with E-state index in [-0.39, 0.29) is 18.6 Å². The Kier molecular flexibility index (Phi) is 4.79. The van der Waals surface area contributed by atoms with Gasteiger partial charge in [-0.3, -0.25) is 9.59 Å². The number of carboxylic acids is 1. The minimum Gasteiger partial charge on any atom is -0.481 e. The molecule has 25 heavy (non-hydrogen) atoms. The lowest BCUT2D eigenvalue weighted by Gasteiger charge is -2.40. The van der Waals surface area contributed by atoms with E-state index in [0.29, 0.717) is 32.2 Å². The maximum absolute atomic E-state index is 12.0. The van der Waals surface area contributed by atoms with Crippen molar-refractivity contribution in [3.05, 3.63) is 35.4 Å². The molecule has 134 valence electrons. The Balaban J connectivity index is 1.72. The van der Waals surface area contributed by atoms with Gasteiger partial charge in [0.2, 0.25) is 5.91 Å². The third-order valence-electron chi connectivity index (χ3n) is 5.28. The van der Waals surface area contributed by atoms with E-state index in [1.165, 1.54) is 6.92 Å². The summed E-state index contributed by atoms with van der Waals surface area (Å²) in [6, 6.07) is 7.97. The number of hydrogen-bond donors (Lipinski definition) is 1. The molecule has 1 fully saturated rings. The molecule has 2 unspecified atom stereocenters. The first kappa shape index (κ1) is 17.5. The zero-order chi connectivity index (χ0) is 18.0. The molecule has 0 aliphatic carbocycles. The second kappa shape index (κ2) is 6.86. The van der Waals surface area contributed by atoms with Crippen molar-refractivity contribution in [1.29, 1.82) is 0 Å². The smallest absolute Gasteiger partial charge is 0.311 e. The van der Waals surface area contributed by atoms with Gasteiger partial charge in [-0.15, -0.1) is 0 Å². The fourth-order valence-electron chi connectivity index (χ4n) is 3.86. The Hall–Kier alpha value is -2.37. The molecule has 2 aliphatic rings. The second-order valence-corrected chi connectivity index (χ2v) is 7.12. The number of hydrogen-bond acceptors (Lipinski definition) is 4. The van der Waals surface area contributed by atoms with Gasteiger partial charge in [0.15, 0.2) is 0 Å². The van der Waals surface area contributed by atoms with Gasteiger partial charge in [-0.2, -0.15) is 0 Å². The van der Waals surface area contributed by atoms with Gasteiger partial charge in [-0.25, -0.2) is 0 Å². The summed E-state index contributed by atoms with van der Waals surface area (Å²) in [4.78, 5) is 30.9. The van der Waals surface area contributed by atoms with Crippen LogP contribution in [0.25, 0.3) is 0 Å². The van der Waals surface area contributed by atoms with E-state index < -0.39 is 11.4 Å². The average molecular weight is 344 g/mol. The van der Waals surface area contributed by atoms with E-state index in [0.717, 1.165) is 16.8 Å². The van der Waals surface area contributed by atoms with Crippen molar-refractivity contribution in [1.82, 2.24) is 4.90 Å². The van der Waals surface area contributed by atoms with Gasteiger partial charge >= 0.3 is 5.97 Å². The highest BCUT2D eigenvalue weighted by Crippen LogP contribution is 2.38. The first-order valence-electron chi connectivity index (χ1n) is 8.69. The fraction of sp³-hybridized carbons (Fsp3) is 0.526. The third kappa shape index (κ3) is 3.52. The molecule has 2 heterocycles. The van der Waals surface area contributed by atoms with E-state index >= 15 is 0 Å². The number of nitrogens with zero attached hydrogens (tertiary/aromatic N) is 2. The number of oxime groups is 1. The van der Waals surface area contributed by atoms with Gasteiger partial charge in [0.1, 0.15) is 6.10 Å². The van der Waals surface area contributed by atoms with Crippen molar-refractivity contribution in [3.63, 3.8) is 0 Å². The van der Waals surface area contributed by atoms with Crippen LogP contribution in [0.1, 0.15) is 43.7 Å². The van der Waals surface area contributed by atoms with Crippen molar-refractivity contribution >= 4 is 17.6 Å². The number of carbonyl (C=O) groups excluding carboxylic acids is 1. The lowest BCUT2D eigenvalue weighted by molar-refractivity contribution is -0.157. The molecule has 0 radical (unpaired) electrons. The molecule has 6 heteroatoms. The summed E-state index contributed by atoms with van der Waals surface area (Å²) in [7, 11) is 0. The third-order valence-corrected chi connectivity index (χ3v) is 5.28. The summed E-state index contributed by atoms with van der Waals surface area (Å²) in [5.41, 5.74) is 2.08. The van der Waals surface area contributed by atoms with Crippen LogP contribution in [0, 0.1) is 12.3 Å². The monoisotopic (exact) mass is 344 g/mol. The molecule has 3 rings (SSSR count). The predicted molar refractivity (Wildman–Crippen MR) is 93.4 cm³/mol. The molecule has 0 saturated carbocycles. The van der Waals surface area contributed by atoms with E-state index in [9.17, 15) is 14.7 Å².